The first-order chi connectivity index (χ1) is 6.75. The van der Waals surface area contributed by atoms with Crippen molar-refractivity contribution in [3.05, 3.63) is 29.6 Å². The van der Waals surface area contributed by atoms with E-state index in [0.29, 0.717) is 11.6 Å². The Balaban J connectivity index is 2.05. The second-order valence-electron chi connectivity index (χ2n) is 3.67. The third-order valence-corrected chi connectivity index (χ3v) is 3.63. The van der Waals surface area contributed by atoms with E-state index in [-0.39, 0.29) is 5.82 Å². The van der Waals surface area contributed by atoms with E-state index >= 15 is 0 Å². The molecule has 1 heterocycles. The highest BCUT2D eigenvalue weighted by Crippen LogP contribution is 2.22. The van der Waals surface area contributed by atoms with E-state index in [4.69, 9.17) is 0 Å². The van der Waals surface area contributed by atoms with Gasteiger partial charge in [0.1, 0.15) is 5.82 Å². The molecule has 2 rings (SSSR count). The molecule has 0 amide bonds. The molecule has 0 saturated carbocycles. The standard InChI is InChI=1S/C11H14FNS/c1-8-2-3-9(6-11(8)12)13-10-4-5-14-7-10/h2-3,6,10,13H,4-5,7H2,1H3/t10-/m0/s1. The molecule has 1 aliphatic heterocycles. The van der Waals surface area contributed by atoms with E-state index in [1.165, 1.54) is 12.2 Å². The van der Waals surface area contributed by atoms with Crippen molar-refractivity contribution in [2.45, 2.75) is 19.4 Å². The van der Waals surface area contributed by atoms with Crippen molar-refractivity contribution in [3.63, 3.8) is 0 Å². The predicted octanol–water partition coefficient (Wildman–Crippen LogP) is 3.05. The van der Waals surface area contributed by atoms with Crippen molar-refractivity contribution >= 4 is 17.4 Å². The van der Waals surface area contributed by atoms with Gasteiger partial charge in [-0.05, 0) is 36.8 Å². The number of hydrogen-bond donors (Lipinski definition) is 1. The number of anilines is 1. The average Bonchev–Trinajstić information content (AvgIpc) is 2.64. The van der Waals surface area contributed by atoms with Crippen LogP contribution in [0.25, 0.3) is 0 Å². The molecule has 0 bridgehead atoms. The van der Waals surface area contributed by atoms with Crippen LogP contribution in [0.2, 0.25) is 0 Å². The molecule has 14 heavy (non-hydrogen) atoms. The Bertz CT molecular complexity index is 321. The zero-order valence-corrected chi connectivity index (χ0v) is 9.03. The number of aryl methyl sites for hydroxylation is 1. The summed E-state index contributed by atoms with van der Waals surface area (Å²) in [5.74, 6) is 2.22. The maximum Gasteiger partial charge on any atom is 0.128 e. The van der Waals surface area contributed by atoms with Crippen LogP contribution in [0.1, 0.15) is 12.0 Å². The van der Waals surface area contributed by atoms with Crippen molar-refractivity contribution in [3.8, 4) is 0 Å². The molecule has 0 aliphatic carbocycles. The molecule has 1 nitrogen and oxygen atoms in total. The fraction of sp³-hybridized carbons (Fsp3) is 0.455. The van der Waals surface area contributed by atoms with Crippen LogP contribution in [-0.4, -0.2) is 17.5 Å². The maximum absolute atomic E-state index is 13.2. The number of benzene rings is 1. The van der Waals surface area contributed by atoms with E-state index < -0.39 is 0 Å². The smallest absolute Gasteiger partial charge is 0.128 e. The first-order valence-electron chi connectivity index (χ1n) is 4.86. The molecule has 0 radical (unpaired) electrons. The summed E-state index contributed by atoms with van der Waals surface area (Å²) in [5, 5.41) is 3.35. The topological polar surface area (TPSA) is 12.0 Å². The summed E-state index contributed by atoms with van der Waals surface area (Å²) in [6.07, 6.45) is 1.18. The number of nitrogens with one attached hydrogen (secondary N) is 1. The van der Waals surface area contributed by atoms with E-state index in [1.807, 2.05) is 23.9 Å². The van der Waals surface area contributed by atoms with Crippen LogP contribution in [0.5, 0.6) is 0 Å². The van der Waals surface area contributed by atoms with E-state index in [2.05, 4.69) is 5.32 Å². The van der Waals surface area contributed by atoms with Gasteiger partial charge < -0.3 is 5.32 Å². The molecular weight excluding hydrogens is 197 g/mol. The molecule has 3 heteroatoms. The van der Waals surface area contributed by atoms with Gasteiger partial charge in [0.05, 0.1) is 0 Å². The summed E-state index contributed by atoms with van der Waals surface area (Å²) in [7, 11) is 0. The van der Waals surface area contributed by atoms with Gasteiger partial charge in [0.25, 0.3) is 0 Å². The molecule has 1 aromatic rings. The van der Waals surface area contributed by atoms with E-state index in [0.717, 1.165) is 11.4 Å². The summed E-state index contributed by atoms with van der Waals surface area (Å²) in [5.41, 5.74) is 1.61. The lowest BCUT2D eigenvalue weighted by Crippen LogP contribution is -2.18. The Labute approximate surface area is 88.1 Å². The second kappa shape index (κ2) is 4.22. The first kappa shape index (κ1) is 9.84. The molecular formula is C11H14FNS. The lowest BCUT2D eigenvalue weighted by atomic mass is 10.2. The van der Waals surface area contributed by atoms with Crippen LogP contribution in [0, 0.1) is 12.7 Å². The van der Waals surface area contributed by atoms with Crippen molar-refractivity contribution in [2.24, 2.45) is 0 Å². The van der Waals surface area contributed by atoms with Crippen LogP contribution in [0.15, 0.2) is 18.2 Å². The monoisotopic (exact) mass is 211 g/mol. The van der Waals surface area contributed by atoms with Crippen molar-refractivity contribution in [1.29, 1.82) is 0 Å². The molecule has 1 atom stereocenters. The zero-order valence-electron chi connectivity index (χ0n) is 8.22. The van der Waals surface area contributed by atoms with Crippen LogP contribution in [0.4, 0.5) is 10.1 Å². The summed E-state index contributed by atoms with van der Waals surface area (Å²) in [6, 6.07) is 5.86. The Morgan fingerprint density at radius 2 is 2.36 bits per heavy atom. The second-order valence-corrected chi connectivity index (χ2v) is 4.82. The minimum atomic E-state index is -0.124. The van der Waals surface area contributed by atoms with Crippen molar-refractivity contribution in [1.82, 2.24) is 0 Å². The lowest BCUT2D eigenvalue weighted by Gasteiger charge is -2.13. The van der Waals surface area contributed by atoms with Gasteiger partial charge >= 0.3 is 0 Å². The minimum absolute atomic E-state index is 0.124. The van der Waals surface area contributed by atoms with Crippen molar-refractivity contribution in [2.75, 3.05) is 16.8 Å². The highest BCUT2D eigenvalue weighted by molar-refractivity contribution is 7.99. The zero-order chi connectivity index (χ0) is 9.97. The fourth-order valence-electron chi connectivity index (χ4n) is 1.57. The van der Waals surface area contributed by atoms with E-state index in [1.54, 1.807) is 13.0 Å². The minimum Gasteiger partial charge on any atom is -0.381 e. The number of rotatable bonds is 2. The molecule has 0 aromatic heterocycles. The Hall–Kier alpha value is -0.700. The third kappa shape index (κ3) is 2.21. The Kier molecular flexibility index (Phi) is 2.96. The molecule has 1 fully saturated rings. The Morgan fingerprint density at radius 1 is 1.50 bits per heavy atom. The predicted molar refractivity (Wildman–Crippen MR) is 60.5 cm³/mol. The quantitative estimate of drug-likeness (QED) is 0.807. The highest BCUT2D eigenvalue weighted by Gasteiger charge is 2.14. The fourth-order valence-corrected chi connectivity index (χ4v) is 2.72. The summed E-state index contributed by atoms with van der Waals surface area (Å²) >= 11 is 1.95. The highest BCUT2D eigenvalue weighted by atomic mass is 32.2. The number of halogens is 1. The summed E-state index contributed by atoms with van der Waals surface area (Å²) in [6.45, 7) is 1.78. The van der Waals surface area contributed by atoms with E-state index in [9.17, 15) is 4.39 Å². The van der Waals surface area contributed by atoms with Crippen LogP contribution < -0.4 is 5.32 Å². The van der Waals surface area contributed by atoms with Crippen molar-refractivity contribution < 1.29 is 4.39 Å². The van der Waals surface area contributed by atoms with Gasteiger partial charge in [0.15, 0.2) is 0 Å². The van der Waals surface area contributed by atoms with Gasteiger partial charge in [0, 0.05) is 17.5 Å². The van der Waals surface area contributed by atoms with Crippen LogP contribution in [0.3, 0.4) is 0 Å². The van der Waals surface area contributed by atoms with Gasteiger partial charge in [-0.25, -0.2) is 4.39 Å². The molecule has 76 valence electrons. The Morgan fingerprint density at radius 3 is 3.00 bits per heavy atom. The van der Waals surface area contributed by atoms with Gasteiger partial charge in [0.2, 0.25) is 0 Å². The van der Waals surface area contributed by atoms with Gasteiger partial charge in [-0.3, -0.25) is 0 Å². The largest absolute Gasteiger partial charge is 0.381 e. The maximum atomic E-state index is 13.2. The van der Waals surface area contributed by atoms with Crippen LogP contribution in [-0.2, 0) is 0 Å². The van der Waals surface area contributed by atoms with Gasteiger partial charge in [-0.15, -0.1) is 0 Å². The molecule has 0 unspecified atom stereocenters. The summed E-state index contributed by atoms with van der Waals surface area (Å²) < 4.78 is 13.2. The SMILES string of the molecule is Cc1ccc(N[C@H]2CCSC2)cc1F. The molecule has 1 aliphatic rings. The molecule has 1 saturated heterocycles. The van der Waals surface area contributed by atoms with Gasteiger partial charge in [-0.2, -0.15) is 11.8 Å². The molecule has 1 N–H and O–H groups in total. The summed E-state index contributed by atoms with van der Waals surface area (Å²) in [4.78, 5) is 0. The third-order valence-electron chi connectivity index (χ3n) is 2.47. The van der Waals surface area contributed by atoms with Crippen LogP contribution >= 0.6 is 11.8 Å². The lowest BCUT2D eigenvalue weighted by molar-refractivity contribution is 0.618. The number of thioether (sulfide) groups is 1. The average molecular weight is 211 g/mol. The first-order valence-corrected chi connectivity index (χ1v) is 6.01. The number of hydrogen-bond acceptors (Lipinski definition) is 2. The van der Waals surface area contributed by atoms with Gasteiger partial charge in [-0.1, -0.05) is 6.07 Å². The molecule has 1 aromatic carbocycles. The normalized spacial score (nSPS) is 21.1. The molecule has 0 spiro atoms.